The van der Waals surface area contributed by atoms with Crippen LogP contribution in [0, 0.1) is 13.8 Å². The largest absolute Gasteiger partial charge is 2.00 e. The second-order valence-electron chi connectivity index (χ2n) is 9.86. The van der Waals surface area contributed by atoms with Crippen molar-refractivity contribution in [1.29, 1.82) is 0 Å². The Hall–Kier alpha value is -0.0631. The van der Waals surface area contributed by atoms with E-state index in [1.54, 1.807) is 10.4 Å². The molecule has 0 amide bonds. The first-order valence-corrected chi connectivity index (χ1v) is 17.1. The van der Waals surface area contributed by atoms with Gasteiger partial charge in [0.1, 0.15) is 0 Å². The fourth-order valence-corrected chi connectivity index (χ4v) is 10.5. The van der Waals surface area contributed by atoms with Crippen LogP contribution in [0.5, 0.6) is 0 Å². The number of hydrogen-bond acceptors (Lipinski definition) is 2. The van der Waals surface area contributed by atoms with E-state index in [0.717, 1.165) is 0 Å². The molecule has 4 rings (SSSR count). The maximum atomic E-state index is 2.74. The van der Waals surface area contributed by atoms with Crippen LogP contribution < -0.4 is 10.4 Å². The van der Waals surface area contributed by atoms with Gasteiger partial charge in [0, 0.05) is 0 Å². The maximum Gasteiger partial charge on any atom is 2.00 e. The third-order valence-electron chi connectivity index (χ3n) is 7.02. The smallest absolute Gasteiger partial charge is 0.330 e. The van der Waals surface area contributed by atoms with Gasteiger partial charge in [-0.15, -0.1) is 10.4 Å². The van der Waals surface area contributed by atoms with Crippen molar-refractivity contribution in [1.82, 2.24) is 9.13 Å². The molecule has 2 aliphatic heterocycles. The van der Waals surface area contributed by atoms with Crippen LogP contribution in [-0.4, -0.2) is 51.8 Å². The van der Waals surface area contributed by atoms with Crippen molar-refractivity contribution in [2.24, 2.45) is 0 Å². The SMILES string of the molecule is Cc1cc[c-]([Si](C)(C)N2CCCC2)c1.Cc1cc[c-]([Si](C)(C)N2CCCC2)c1.[Zr+2]. The molecule has 0 unspecified atom stereocenters. The van der Waals surface area contributed by atoms with E-state index in [9.17, 15) is 0 Å². The minimum atomic E-state index is -1.29. The summed E-state index contributed by atoms with van der Waals surface area (Å²) in [6.07, 6.45) is 5.60. The Balaban J connectivity index is 0.000000200. The van der Waals surface area contributed by atoms with Gasteiger partial charge in [-0.25, -0.2) is 23.3 Å². The van der Waals surface area contributed by atoms with Crippen molar-refractivity contribution in [2.45, 2.75) is 65.7 Å². The molecule has 2 saturated heterocycles. The van der Waals surface area contributed by atoms with Crippen molar-refractivity contribution in [3.05, 3.63) is 47.5 Å². The van der Waals surface area contributed by atoms with Gasteiger partial charge >= 0.3 is 26.2 Å². The van der Waals surface area contributed by atoms with Gasteiger partial charge in [0.05, 0.1) is 16.5 Å². The summed E-state index contributed by atoms with van der Waals surface area (Å²) in [4.78, 5) is 0. The summed E-state index contributed by atoms with van der Waals surface area (Å²) in [5.41, 5.74) is 2.83. The van der Waals surface area contributed by atoms with Crippen LogP contribution in [0.1, 0.15) is 36.8 Å². The number of nitrogens with zero attached hydrogens (tertiary/aromatic N) is 2. The molecule has 2 aromatic carbocycles. The predicted molar refractivity (Wildman–Crippen MR) is 129 cm³/mol. The minimum Gasteiger partial charge on any atom is -0.330 e. The normalized spacial score (nSPS) is 18.4. The van der Waals surface area contributed by atoms with Gasteiger partial charge in [0.15, 0.2) is 0 Å². The molecule has 0 aromatic heterocycles. The molecule has 158 valence electrons. The van der Waals surface area contributed by atoms with E-state index in [4.69, 9.17) is 0 Å². The van der Waals surface area contributed by atoms with Crippen molar-refractivity contribution in [2.75, 3.05) is 26.2 Å². The van der Waals surface area contributed by atoms with E-state index in [2.05, 4.69) is 85.6 Å². The second-order valence-corrected chi connectivity index (χ2v) is 18.5. The third-order valence-corrected chi connectivity index (χ3v) is 14.5. The van der Waals surface area contributed by atoms with Gasteiger partial charge in [-0.3, -0.25) is 0 Å². The Morgan fingerprint density at radius 2 is 0.966 bits per heavy atom. The van der Waals surface area contributed by atoms with E-state index in [0.29, 0.717) is 0 Å². The number of hydrogen-bond donors (Lipinski definition) is 0. The van der Waals surface area contributed by atoms with Crippen molar-refractivity contribution in [3.63, 3.8) is 0 Å². The van der Waals surface area contributed by atoms with Crippen LogP contribution in [-0.2, 0) is 26.2 Å². The van der Waals surface area contributed by atoms with Gasteiger partial charge in [-0.05, 0) is 51.9 Å². The molecular formula is C24H40N2Si2Zr. The molecule has 29 heavy (non-hydrogen) atoms. The summed E-state index contributed by atoms with van der Waals surface area (Å²) in [5, 5.41) is 3.22. The molecule has 0 spiro atoms. The first-order chi connectivity index (χ1) is 13.2. The standard InChI is InChI=1S/2C12H20NSi.Zr/c2*1-11-6-7-12(10-11)14(2,3)13-8-4-5-9-13;/h2*6-7,10H,4-5,8-9H2,1-3H3;/q2*-1;+2. The zero-order valence-corrected chi connectivity index (χ0v) is 24.0. The fraction of sp³-hybridized carbons (Fsp3) is 0.583. The Morgan fingerprint density at radius 1 is 0.655 bits per heavy atom. The third kappa shape index (κ3) is 6.01. The van der Waals surface area contributed by atoms with Crippen LogP contribution in [0.2, 0.25) is 26.2 Å². The molecule has 0 saturated carbocycles. The molecule has 2 aromatic rings. The van der Waals surface area contributed by atoms with Crippen LogP contribution in [0.25, 0.3) is 0 Å². The molecule has 2 nitrogen and oxygen atoms in total. The van der Waals surface area contributed by atoms with Crippen LogP contribution >= 0.6 is 0 Å². The maximum absolute atomic E-state index is 2.74. The van der Waals surface area contributed by atoms with Gasteiger partial charge in [-0.1, -0.05) is 40.0 Å². The van der Waals surface area contributed by atoms with Crippen molar-refractivity contribution < 1.29 is 26.2 Å². The van der Waals surface area contributed by atoms with E-state index in [1.807, 2.05) is 0 Å². The Bertz CT molecular complexity index is 686. The summed E-state index contributed by atoms with van der Waals surface area (Å²) in [6, 6.07) is 13.9. The Labute approximate surface area is 200 Å². The molecule has 2 aliphatic rings. The molecule has 0 bridgehead atoms. The van der Waals surface area contributed by atoms with E-state index < -0.39 is 16.5 Å². The molecular weight excluding hydrogens is 464 g/mol. The first kappa shape index (κ1) is 25.2. The van der Waals surface area contributed by atoms with Crippen molar-refractivity contribution in [3.8, 4) is 0 Å². The predicted octanol–water partition coefficient (Wildman–Crippen LogP) is 4.44. The zero-order valence-electron chi connectivity index (χ0n) is 19.5. The average molecular weight is 504 g/mol. The summed E-state index contributed by atoms with van der Waals surface area (Å²) >= 11 is 0. The summed E-state index contributed by atoms with van der Waals surface area (Å²) in [7, 11) is -2.58. The van der Waals surface area contributed by atoms with Gasteiger partial charge in [0.25, 0.3) is 0 Å². The number of aryl methyl sites for hydroxylation is 2. The molecule has 0 aliphatic carbocycles. The molecule has 2 fully saturated rings. The summed E-state index contributed by atoms with van der Waals surface area (Å²) < 4.78 is 5.48. The second kappa shape index (κ2) is 10.5. The molecule has 2 heterocycles. The van der Waals surface area contributed by atoms with Crippen LogP contribution in [0.15, 0.2) is 36.4 Å². The molecule has 0 radical (unpaired) electrons. The first-order valence-electron chi connectivity index (χ1n) is 11.2. The molecule has 5 heteroatoms. The fourth-order valence-electron chi connectivity index (χ4n) is 4.80. The number of rotatable bonds is 4. The van der Waals surface area contributed by atoms with Gasteiger partial charge in [0.2, 0.25) is 0 Å². The average Bonchev–Trinajstić information content (AvgIpc) is 3.42. The van der Waals surface area contributed by atoms with E-state index in [1.165, 1.54) is 63.0 Å². The monoisotopic (exact) mass is 502 g/mol. The van der Waals surface area contributed by atoms with Crippen molar-refractivity contribution >= 4 is 26.8 Å². The zero-order chi connectivity index (χ0) is 20.4. The van der Waals surface area contributed by atoms with Gasteiger partial charge in [-0.2, -0.15) is 24.3 Å². The van der Waals surface area contributed by atoms with Gasteiger partial charge < -0.3 is 9.13 Å². The molecule has 0 N–H and O–H groups in total. The molecule has 0 atom stereocenters. The Kier molecular flexibility index (Phi) is 9.12. The minimum absolute atomic E-state index is 0. The Morgan fingerprint density at radius 3 is 1.21 bits per heavy atom. The van der Waals surface area contributed by atoms with E-state index >= 15 is 0 Å². The quantitative estimate of drug-likeness (QED) is 0.449. The summed E-state index contributed by atoms with van der Waals surface area (Å²) in [5.74, 6) is 0. The topological polar surface area (TPSA) is 6.48 Å². The van der Waals surface area contributed by atoms with E-state index in [-0.39, 0.29) is 26.2 Å². The van der Waals surface area contributed by atoms with Crippen LogP contribution in [0.4, 0.5) is 0 Å². The van der Waals surface area contributed by atoms with Crippen LogP contribution in [0.3, 0.4) is 0 Å². The summed E-state index contributed by atoms with van der Waals surface area (Å²) in [6.45, 7) is 19.6.